The average molecular weight is 330 g/mol. The van der Waals surface area contributed by atoms with Crippen molar-refractivity contribution in [3.8, 4) is 0 Å². The molecule has 0 radical (unpaired) electrons. The van der Waals surface area contributed by atoms with Crippen LogP contribution in [-0.4, -0.2) is 27.5 Å². The number of nitrogens with one attached hydrogen (secondary N) is 2. The van der Waals surface area contributed by atoms with Gasteiger partial charge in [0.25, 0.3) is 0 Å². The van der Waals surface area contributed by atoms with Crippen LogP contribution in [0.5, 0.6) is 0 Å². The monoisotopic (exact) mass is 330 g/mol. The zero-order valence-corrected chi connectivity index (χ0v) is 11.3. The molecule has 0 saturated carbocycles. The van der Waals surface area contributed by atoms with E-state index < -0.39 is 44.0 Å². The van der Waals surface area contributed by atoms with Gasteiger partial charge < -0.3 is 5.32 Å². The summed E-state index contributed by atoms with van der Waals surface area (Å²) in [7, 11) is -4.86. The van der Waals surface area contributed by atoms with Gasteiger partial charge in [-0.15, -0.1) is 0 Å². The second-order valence-electron chi connectivity index (χ2n) is 4.54. The van der Waals surface area contributed by atoms with E-state index in [1.807, 2.05) is 4.72 Å². The van der Waals surface area contributed by atoms with Crippen molar-refractivity contribution >= 4 is 10.0 Å². The minimum absolute atomic E-state index is 0.207. The van der Waals surface area contributed by atoms with Crippen molar-refractivity contribution in [2.24, 2.45) is 0 Å². The highest BCUT2D eigenvalue weighted by atomic mass is 32.2. The summed E-state index contributed by atoms with van der Waals surface area (Å²) in [5.74, 6) is -11.8. The van der Waals surface area contributed by atoms with E-state index >= 15 is 0 Å². The second kappa shape index (κ2) is 5.85. The predicted molar refractivity (Wildman–Crippen MR) is 62.4 cm³/mol. The van der Waals surface area contributed by atoms with Crippen LogP contribution in [0.25, 0.3) is 0 Å². The van der Waals surface area contributed by atoms with Gasteiger partial charge in [0.2, 0.25) is 15.8 Å². The van der Waals surface area contributed by atoms with Crippen molar-refractivity contribution in [1.29, 1.82) is 0 Å². The molecule has 0 aromatic heterocycles. The maximum Gasteiger partial charge on any atom is 0.246 e. The third-order valence-electron chi connectivity index (χ3n) is 3.12. The van der Waals surface area contributed by atoms with E-state index in [0.29, 0.717) is 13.0 Å². The third kappa shape index (κ3) is 3.01. The highest BCUT2D eigenvalue weighted by molar-refractivity contribution is 7.89. The molecule has 1 atom stereocenters. The summed E-state index contributed by atoms with van der Waals surface area (Å²) >= 11 is 0. The number of sulfonamides is 1. The largest absolute Gasteiger partial charge is 0.313 e. The first-order valence-corrected chi connectivity index (χ1v) is 7.48. The normalized spacial score (nSPS) is 19.2. The van der Waals surface area contributed by atoms with E-state index in [-0.39, 0.29) is 12.6 Å². The van der Waals surface area contributed by atoms with Gasteiger partial charge in [-0.25, -0.2) is 35.1 Å². The number of hydrogen-bond acceptors (Lipinski definition) is 3. The van der Waals surface area contributed by atoms with Crippen LogP contribution in [0.1, 0.15) is 12.8 Å². The lowest BCUT2D eigenvalue weighted by molar-refractivity contribution is 0.357. The molecule has 1 aliphatic rings. The summed E-state index contributed by atoms with van der Waals surface area (Å²) in [6.07, 6.45) is 1.44. The lowest BCUT2D eigenvalue weighted by atomic mass is 10.2. The molecule has 1 saturated heterocycles. The van der Waals surface area contributed by atoms with Gasteiger partial charge in [-0.2, -0.15) is 0 Å². The Balaban J connectivity index is 2.35. The molecule has 0 spiro atoms. The smallest absolute Gasteiger partial charge is 0.246 e. The zero-order chi connectivity index (χ0) is 15.8. The molecule has 0 amide bonds. The number of rotatable bonds is 4. The summed E-state index contributed by atoms with van der Waals surface area (Å²) in [5, 5.41) is 2.92. The Bertz CT molecular complexity index is 630. The number of halogens is 5. The van der Waals surface area contributed by atoms with Gasteiger partial charge in [-0.05, 0) is 19.4 Å². The SMILES string of the molecule is O=S(=O)(NC[C@@H]1CCCN1)c1c(F)c(F)c(F)c(F)c1F. The number of benzene rings is 1. The summed E-state index contributed by atoms with van der Waals surface area (Å²) in [4.78, 5) is -1.86. The highest BCUT2D eigenvalue weighted by Crippen LogP contribution is 2.26. The predicted octanol–water partition coefficient (Wildman–Crippen LogP) is 1.41. The van der Waals surface area contributed by atoms with Gasteiger partial charge in [-0.1, -0.05) is 0 Å². The molecular weight excluding hydrogens is 319 g/mol. The lowest BCUT2D eigenvalue weighted by Crippen LogP contribution is -2.38. The fraction of sp³-hybridized carbons (Fsp3) is 0.455. The Morgan fingerprint density at radius 2 is 1.52 bits per heavy atom. The first kappa shape index (κ1) is 16.1. The summed E-state index contributed by atoms with van der Waals surface area (Å²) in [5.41, 5.74) is 0. The van der Waals surface area contributed by atoms with Crippen molar-refractivity contribution < 1.29 is 30.4 Å². The molecule has 0 unspecified atom stereocenters. The molecule has 1 heterocycles. The maximum absolute atomic E-state index is 13.4. The molecule has 0 bridgehead atoms. The Morgan fingerprint density at radius 3 is 2.00 bits per heavy atom. The first-order chi connectivity index (χ1) is 9.75. The van der Waals surface area contributed by atoms with Gasteiger partial charge in [-0.3, -0.25) is 0 Å². The molecule has 1 aromatic rings. The van der Waals surface area contributed by atoms with Crippen LogP contribution >= 0.6 is 0 Å². The summed E-state index contributed by atoms with van der Waals surface area (Å²) < 4.78 is 91.2. The Morgan fingerprint density at radius 1 is 1.00 bits per heavy atom. The fourth-order valence-electron chi connectivity index (χ4n) is 2.03. The molecule has 2 rings (SSSR count). The van der Waals surface area contributed by atoms with Crippen LogP contribution in [0.15, 0.2) is 4.90 Å². The fourth-order valence-corrected chi connectivity index (χ4v) is 3.25. The zero-order valence-electron chi connectivity index (χ0n) is 10.5. The van der Waals surface area contributed by atoms with Gasteiger partial charge in [0.1, 0.15) is 0 Å². The Hall–Kier alpha value is -1.26. The van der Waals surface area contributed by atoms with Crippen LogP contribution in [0.3, 0.4) is 0 Å². The van der Waals surface area contributed by atoms with Gasteiger partial charge in [0.05, 0.1) is 0 Å². The van der Waals surface area contributed by atoms with E-state index in [2.05, 4.69) is 5.32 Å². The van der Waals surface area contributed by atoms with E-state index in [4.69, 9.17) is 0 Å². The van der Waals surface area contributed by atoms with Crippen LogP contribution in [0, 0.1) is 29.1 Å². The van der Waals surface area contributed by atoms with E-state index in [9.17, 15) is 30.4 Å². The Labute approximate surface area is 117 Å². The Kier molecular flexibility index (Phi) is 4.49. The topological polar surface area (TPSA) is 58.2 Å². The molecule has 4 nitrogen and oxygen atoms in total. The number of hydrogen-bond donors (Lipinski definition) is 2. The van der Waals surface area contributed by atoms with Crippen molar-refractivity contribution in [3.05, 3.63) is 29.1 Å². The van der Waals surface area contributed by atoms with Gasteiger partial charge in [0, 0.05) is 12.6 Å². The first-order valence-electron chi connectivity index (χ1n) is 6.00. The quantitative estimate of drug-likeness (QED) is 0.499. The van der Waals surface area contributed by atoms with Gasteiger partial charge in [0.15, 0.2) is 28.2 Å². The molecule has 10 heteroatoms. The summed E-state index contributed by atoms with van der Waals surface area (Å²) in [6, 6.07) is -0.249. The minimum Gasteiger partial charge on any atom is -0.313 e. The van der Waals surface area contributed by atoms with Crippen LogP contribution in [0.4, 0.5) is 22.0 Å². The van der Waals surface area contributed by atoms with Crippen molar-refractivity contribution in [2.45, 2.75) is 23.8 Å². The molecule has 2 N–H and O–H groups in total. The lowest BCUT2D eigenvalue weighted by Gasteiger charge is -2.13. The third-order valence-corrected chi connectivity index (χ3v) is 4.56. The van der Waals surface area contributed by atoms with Crippen LogP contribution in [0.2, 0.25) is 0 Å². The highest BCUT2D eigenvalue weighted by Gasteiger charge is 2.33. The average Bonchev–Trinajstić information content (AvgIpc) is 2.94. The standard InChI is InChI=1S/C11H11F5N2O2S/c12-6-7(13)9(15)11(10(16)8(6)14)21(19,20)18-4-5-2-1-3-17-5/h5,17-18H,1-4H2/t5-/m0/s1. The second-order valence-corrected chi connectivity index (χ2v) is 6.25. The van der Waals surface area contributed by atoms with E-state index in [1.54, 1.807) is 0 Å². The van der Waals surface area contributed by atoms with Crippen LogP contribution in [-0.2, 0) is 10.0 Å². The molecule has 118 valence electrons. The maximum atomic E-state index is 13.4. The van der Waals surface area contributed by atoms with Crippen LogP contribution < -0.4 is 10.0 Å². The van der Waals surface area contributed by atoms with Crippen molar-refractivity contribution in [3.63, 3.8) is 0 Å². The van der Waals surface area contributed by atoms with E-state index in [0.717, 1.165) is 6.42 Å². The minimum atomic E-state index is -4.86. The molecule has 21 heavy (non-hydrogen) atoms. The summed E-state index contributed by atoms with van der Waals surface area (Å²) in [6.45, 7) is 0.455. The van der Waals surface area contributed by atoms with Crippen molar-refractivity contribution in [1.82, 2.24) is 10.0 Å². The molecule has 0 aliphatic carbocycles. The van der Waals surface area contributed by atoms with Gasteiger partial charge >= 0.3 is 0 Å². The van der Waals surface area contributed by atoms with Crippen molar-refractivity contribution in [2.75, 3.05) is 13.1 Å². The molecule has 1 fully saturated rings. The molecule has 1 aliphatic heterocycles. The molecular formula is C11H11F5N2O2S. The molecule has 1 aromatic carbocycles. The van der Waals surface area contributed by atoms with E-state index in [1.165, 1.54) is 0 Å².